The van der Waals surface area contributed by atoms with Crippen molar-refractivity contribution in [2.45, 2.75) is 25.7 Å². The first-order chi connectivity index (χ1) is 12.2. The molecule has 6 nitrogen and oxygen atoms in total. The summed E-state index contributed by atoms with van der Waals surface area (Å²) in [7, 11) is 2.02. The number of piperidine rings is 1. The van der Waals surface area contributed by atoms with Crippen LogP contribution in [-0.2, 0) is 7.05 Å². The average molecular weight is 334 g/mol. The van der Waals surface area contributed by atoms with Crippen molar-refractivity contribution < 1.29 is 0 Å². The van der Waals surface area contributed by atoms with E-state index >= 15 is 0 Å². The van der Waals surface area contributed by atoms with Gasteiger partial charge < -0.3 is 9.47 Å². The maximum atomic E-state index is 4.71. The van der Waals surface area contributed by atoms with Crippen LogP contribution in [0.1, 0.15) is 30.3 Å². The normalized spacial score (nSPS) is 17.7. The lowest BCUT2D eigenvalue weighted by Crippen LogP contribution is -2.35. The Balaban J connectivity index is 1.67. The van der Waals surface area contributed by atoms with Crippen molar-refractivity contribution in [1.29, 1.82) is 0 Å². The van der Waals surface area contributed by atoms with E-state index in [1.165, 1.54) is 0 Å². The maximum absolute atomic E-state index is 4.71. The number of anilines is 1. The minimum Gasteiger partial charge on any atom is -0.356 e. The molecule has 128 valence electrons. The number of rotatable bonds is 3. The minimum absolute atomic E-state index is 0.342. The Hall–Kier alpha value is -2.76. The van der Waals surface area contributed by atoms with Gasteiger partial charge in [-0.2, -0.15) is 0 Å². The van der Waals surface area contributed by atoms with Crippen molar-refractivity contribution in [3.63, 3.8) is 0 Å². The topological polar surface area (TPSA) is 59.7 Å². The molecule has 1 saturated heterocycles. The van der Waals surface area contributed by atoms with Gasteiger partial charge >= 0.3 is 0 Å². The monoisotopic (exact) mass is 334 g/mol. The van der Waals surface area contributed by atoms with Gasteiger partial charge in [-0.3, -0.25) is 9.97 Å². The molecule has 3 aromatic rings. The Bertz CT molecular complexity index is 857. The quantitative estimate of drug-likeness (QED) is 0.737. The molecule has 4 rings (SSSR count). The van der Waals surface area contributed by atoms with E-state index in [0.29, 0.717) is 5.92 Å². The van der Waals surface area contributed by atoms with Crippen LogP contribution in [0.4, 0.5) is 5.82 Å². The van der Waals surface area contributed by atoms with Crippen LogP contribution in [0, 0.1) is 6.92 Å². The fourth-order valence-electron chi connectivity index (χ4n) is 3.52. The fourth-order valence-corrected chi connectivity index (χ4v) is 3.52. The van der Waals surface area contributed by atoms with Gasteiger partial charge in [0.25, 0.3) is 0 Å². The van der Waals surface area contributed by atoms with Gasteiger partial charge in [0.2, 0.25) is 0 Å². The number of nitrogens with zero attached hydrogens (tertiary/aromatic N) is 6. The zero-order valence-corrected chi connectivity index (χ0v) is 14.6. The third-order valence-electron chi connectivity index (χ3n) is 4.97. The Morgan fingerprint density at radius 2 is 1.92 bits per heavy atom. The van der Waals surface area contributed by atoms with Gasteiger partial charge in [0, 0.05) is 44.6 Å². The SMILES string of the molecule is Cc1ncc(-c2nccnc2[C@H]2CCCN(c3ccccn3)C2)n1C. The number of aryl methyl sites for hydroxylation is 1. The molecule has 1 fully saturated rings. The highest BCUT2D eigenvalue weighted by molar-refractivity contribution is 5.58. The molecule has 1 aliphatic heterocycles. The highest BCUT2D eigenvalue weighted by Gasteiger charge is 2.27. The van der Waals surface area contributed by atoms with E-state index in [9.17, 15) is 0 Å². The summed E-state index contributed by atoms with van der Waals surface area (Å²) in [6.45, 7) is 3.95. The molecule has 0 aromatic carbocycles. The van der Waals surface area contributed by atoms with E-state index in [1.54, 1.807) is 12.4 Å². The van der Waals surface area contributed by atoms with Gasteiger partial charge in [0.15, 0.2) is 0 Å². The van der Waals surface area contributed by atoms with Crippen molar-refractivity contribution in [1.82, 2.24) is 24.5 Å². The minimum atomic E-state index is 0.342. The zero-order chi connectivity index (χ0) is 17.2. The van der Waals surface area contributed by atoms with Crippen LogP contribution in [0.5, 0.6) is 0 Å². The molecular formula is C19H22N6. The molecule has 4 heterocycles. The van der Waals surface area contributed by atoms with Crippen molar-refractivity contribution in [3.05, 3.63) is 54.5 Å². The van der Waals surface area contributed by atoms with Gasteiger partial charge in [-0.15, -0.1) is 0 Å². The van der Waals surface area contributed by atoms with E-state index in [0.717, 1.165) is 54.7 Å². The molecule has 0 amide bonds. The molecular weight excluding hydrogens is 312 g/mol. The molecule has 0 aliphatic carbocycles. The smallest absolute Gasteiger partial charge is 0.128 e. The Labute approximate surface area is 147 Å². The molecule has 0 spiro atoms. The van der Waals surface area contributed by atoms with Gasteiger partial charge in [-0.05, 0) is 31.9 Å². The zero-order valence-electron chi connectivity index (χ0n) is 14.6. The van der Waals surface area contributed by atoms with E-state index in [4.69, 9.17) is 4.98 Å². The summed E-state index contributed by atoms with van der Waals surface area (Å²) in [5.74, 6) is 2.36. The van der Waals surface area contributed by atoms with Crippen molar-refractivity contribution in [2.24, 2.45) is 7.05 Å². The van der Waals surface area contributed by atoms with Gasteiger partial charge in [0.05, 0.1) is 17.6 Å². The molecule has 1 aliphatic rings. The summed E-state index contributed by atoms with van der Waals surface area (Å²) in [5, 5.41) is 0. The predicted octanol–water partition coefficient (Wildman–Crippen LogP) is 2.96. The molecule has 25 heavy (non-hydrogen) atoms. The summed E-state index contributed by atoms with van der Waals surface area (Å²) in [4.78, 5) is 20.6. The van der Waals surface area contributed by atoms with Gasteiger partial charge in [0.1, 0.15) is 17.3 Å². The fraction of sp³-hybridized carbons (Fsp3) is 0.368. The highest BCUT2D eigenvalue weighted by atomic mass is 15.2. The molecule has 0 unspecified atom stereocenters. The predicted molar refractivity (Wildman–Crippen MR) is 97.4 cm³/mol. The average Bonchev–Trinajstić information content (AvgIpc) is 3.01. The molecule has 0 saturated carbocycles. The third-order valence-corrected chi connectivity index (χ3v) is 4.97. The van der Waals surface area contributed by atoms with Crippen LogP contribution < -0.4 is 4.90 Å². The lowest BCUT2D eigenvalue weighted by Gasteiger charge is -2.33. The molecule has 6 heteroatoms. The summed E-state index contributed by atoms with van der Waals surface area (Å²) < 4.78 is 2.08. The van der Waals surface area contributed by atoms with Gasteiger partial charge in [-0.25, -0.2) is 9.97 Å². The van der Waals surface area contributed by atoms with Crippen molar-refractivity contribution >= 4 is 5.82 Å². The number of aromatic nitrogens is 5. The van der Waals surface area contributed by atoms with Crippen molar-refractivity contribution in [3.8, 4) is 11.4 Å². The van der Waals surface area contributed by atoms with Crippen LogP contribution in [0.3, 0.4) is 0 Å². The number of pyridine rings is 1. The van der Waals surface area contributed by atoms with E-state index in [-0.39, 0.29) is 0 Å². The lowest BCUT2D eigenvalue weighted by atomic mass is 9.92. The summed E-state index contributed by atoms with van der Waals surface area (Å²) in [5.41, 5.74) is 3.03. The summed E-state index contributed by atoms with van der Waals surface area (Å²) >= 11 is 0. The van der Waals surface area contributed by atoms with Crippen LogP contribution in [0.25, 0.3) is 11.4 Å². The van der Waals surface area contributed by atoms with Crippen LogP contribution in [0.15, 0.2) is 43.0 Å². The summed E-state index contributed by atoms with van der Waals surface area (Å²) in [6, 6.07) is 6.07. The second kappa shape index (κ2) is 6.63. The van der Waals surface area contributed by atoms with Gasteiger partial charge in [-0.1, -0.05) is 6.07 Å². The second-order valence-corrected chi connectivity index (χ2v) is 6.51. The highest BCUT2D eigenvalue weighted by Crippen LogP contribution is 2.33. The number of hydrogen-bond acceptors (Lipinski definition) is 5. The van der Waals surface area contributed by atoms with Crippen LogP contribution in [-0.4, -0.2) is 37.6 Å². The molecule has 0 N–H and O–H groups in total. The maximum Gasteiger partial charge on any atom is 0.128 e. The molecule has 3 aromatic heterocycles. The largest absolute Gasteiger partial charge is 0.356 e. The lowest BCUT2D eigenvalue weighted by molar-refractivity contribution is 0.498. The van der Waals surface area contributed by atoms with Crippen molar-refractivity contribution in [2.75, 3.05) is 18.0 Å². The van der Waals surface area contributed by atoms with E-state index in [1.807, 2.05) is 38.5 Å². The van der Waals surface area contributed by atoms with E-state index in [2.05, 4.69) is 30.5 Å². The molecule has 1 atom stereocenters. The Morgan fingerprint density at radius 3 is 2.68 bits per heavy atom. The molecule has 0 bridgehead atoms. The van der Waals surface area contributed by atoms with Crippen LogP contribution in [0.2, 0.25) is 0 Å². The first-order valence-corrected chi connectivity index (χ1v) is 8.69. The third kappa shape index (κ3) is 2.99. The summed E-state index contributed by atoms with van der Waals surface area (Å²) in [6.07, 6.45) is 9.54. The standard InChI is InChI=1S/C19H22N6/c1-14-23-12-16(24(14)2)19-18(21-9-10-22-19)15-6-5-11-25(13-15)17-7-3-4-8-20-17/h3-4,7-10,12,15H,5-6,11,13H2,1-2H3/t15-/m0/s1. The first-order valence-electron chi connectivity index (χ1n) is 8.69. The number of hydrogen-bond donors (Lipinski definition) is 0. The van der Waals surface area contributed by atoms with Crippen LogP contribution >= 0.6 is 0 Å². The van der Waals surface area contributed by atoms with E-state index < -0.39 is 0 Å². The second-order valence-electron chi connectivity index (χ2n) is 6.51. The molecule has 0 radical (unpaired) electrons. The Morgan fingerprint density at radius 1 is 1.04 bits per heavy atom. The Kier molecular flexibility index (Phi) is 4.17. The first kappa shape index (κ1) is 15.7. The number of imidazole rings is 1.